The Bertz CT molecular complexity index is 952. The molecule has 33 heavy (non-hydrogen) atoms. The summed E-state index contributed by atoms with van der Waals surface area (Å²) in [5, 5.41) is 3.66. The van der Waals surface area contributed by atoms with Crippen molar-refractivity contribution in [2.75, 3.05) is 0 Å². The van der Waals surface area contributed by atoms with E-state index in [2.05, 4.69) is 126 Å². The van der Waals surface area contributed by atoms with Crippen LogP contribution in [0.1, 0.15) is 69.4 Å². The van der Waals surface area contributed by atoms with Gasteiger partial charge in [-0.15, -0.1) is 0 Å². The van der Waals surface area contributed by atoms with E-state index in [1.54, 1.807) is 0 Å². The van der Waals surface area contributed by atoms with Gasteiger partial charge in [0.2, 0.25) is 0 Å². The fraction of sp³-hybridized carbons (Fsp3) is 0.419. The first kappa shape index (κ1) is 26.8. The third kappa shape index (κ3) is 10.8. The molecule has 3 aromatic carbocycles. The van der Waals surface area contributed by atoms with Crippen LogP contribution in [-0.2, 0) is 32.2 Å². The molecule has 0 amide bonds. The highest BCUT2D eigenvalue weighted by Gasteiger charge is 2.17. The predicted molar refractivity (Wildman–Crippen MR) is 145 cm³/mol. The molecule has 2 heteroatoms. The fourth-order valence-corrected chi connectivity index (χ4v) is 3.96. The lowest BCUT2D eigenvalue weighted by atomic mass is 9.93. The zero-order valence-corrected chi connectivity index (χ0v) is 21.6. The minimum absolute atomic E-state index is 0.0994. The summed E-state index contributed by atoms with van der Waals surface area (Å²) in [5.74, 6) is 0. The van der Waals surface area contributed by atoms with E-state index in [4.69, 9.17) is 5.73 Å². The molecule has 0 heterocycles. The summed E-state index contributed by atoms with van der Waals surface area (Å²) < 4.78 is 0. The largest absolute Gasteiger partial charge is 0.325 e. The van der Waals surface area contributed by atoms with Gasteiger partial charge in [-0.25, -0.2) is 0 Å². The van der Waals surface area contributed by atoms with Crippen molar-refractivity contribution >= 4 is 0 Å². The smallest absolute Gasteiger partial charge is 0.0210 e. The van der Waals surface area contributed by atoms with Crippen LogP contribution in [-0.4, -0.2) is 11.1 Å². The molecule has 0 aliphatic heterocycles. The molecule has 0 fully saturated rings. The van der Waals surface area contributed by atoms with Crippen LogP contribution in [0, 0.1) is 0 Å². The minimum atomic E-state index is -0.105. The van der Waals surface area contributed by atoms with Gasteiger partial charge in [-0.3, -0.25) is 0 Å². The Hall–Kier alpha value is -2.42. The molecule has 0 saturated heterocycles. The third-order valence-electron chi connectivity index (χ3n) is 5.72. The molecule has 0 unspecified atom stereocenters. The maximum atomic E-state index is 5.96. The molecule has 0 atom stereocenters. The van der Waals surface area contributed by atoms with E-state index in [-0.39, 0.29) is 11.1 Å². The summed E-state index contributed by atoms with van der Waals surface area (Å²) in [6.07, 6.45) is 4.19. The van der Waals surface area contributed by atoms with Crippen molar-refractivity contribution in [3.05, 3.63) is 107 Å². The number of nitrogens with two attached hydrogens (primary N) is 1. The van der Waals surface area contributed by atoms with E-state index in [0.717, 1.165) is 32.2 Å². The van der Waals surface area contributed by atoms with Gasteiger partial charge in [-0.05, 0) is 81.2 Å². The number of benzene rings is 3. The maximum Gasteiger partial charge on any atom is 0.0210 e. The van der Waals surface area contributed by atoms with Crippen LogP contribution in [0.25, 0.3) is 0 Å². The molecule has 0 bridgehead atoms. The zero-order valence-electron chi connectivity index (χ0n) is 21.6. The molecule has 0 saturated carbocycles. The molecule has 0 aliphatic carbocycles. The average Bonchev–Trinajstić information content (AvgIpc) is 2.78. The summed E-state index contributed by atoms with van der Waals surface area (Å²) in [6, 6.07) is 28.2. The van der Waals surface area contributed by atoms with Crippen LogP contribution in [0.3, 0.4) is 0 Å². The van der Waals surface area contributed by atoms with Crippen molar-refractivity contribution in [3.63, 3.8) is 0 Å². The summed E-state index contributed by atoms with van der Waals surface area (Å²) >= 11 is 0. The van der Waals surface area contributed by atoms with Gasteiger partial charge >= 0.3 is 0 Å². The van der Waals surface area contributed by atoms with E-state index in [0.29, 0.717) is 0 Å². The molecule has 3 N–H and O–H groups in total. The Kier molecular flexibility index (Phi) is 10.3. The first-order chi connectivity index (χ1) is 15.6. The van der Waals surface area contributed by atoms with Crippen molar-refractivity contribution in [2.45, 2.75) is 84.8 Å². The molecule has 2 nitrogen and oxygen atoms in total. The number of rotatable bonds is 9. The fourth-order valence-electron chi connectivity index (χ4n) is 3.96. The average molecular weight is 445 g/mol. The number of nitrogens with one attached hydrogen (secondary N) is 1. The lowest BCUT2D eigenvalue weighted by Gasteiger charge is -2.27. The molecular formula is C31H44N2. The van der Waals surface area contributed by atoms with E-state index < -0.39 is 0 Å². The Balaban J connectivity index is 0.000000257. The van der Waals surface area contributed by atoms with Crippen molar-refractivity contribution in [1.82, 2.24) is 5.32 Å². The van der Waals surface area contributed by atoms with Crippen molar-refractivity contribution in [3.8, 4) is 0 Å². The Morgan fingerprint density at radius 3 is 1.55 bits per heavy atom. The van der Waals surface area contributed by atoms with Crippen molar-refractivity contribution in [1.29, 1.82) is 0 Å². The Morgan fingerprint density at radius 2 is 1.06 bits per heavy atom. The molecular weight excluding hydrogens is 400 g/mol. The van der Waals surface area contributed by atoms with Crippen LogP contribution in [0.2, 0.25) is 0 Å². The minimum Gasteiger partial charge on any atom is -0.325 e. The first-order valence-electron chi connectivity index (χ1n) is 12.3. The highest BCUT2D eigenvalue weighted by molar-refractivity contribution is 5.26. The quantitative estimate of drug-likeness (QED) is 0.377. The lowest BCUT2D eigenvalue weighted by molar-refractivity contribution is 0.384. The molecule has 0 radical (unpaired) electrons. The summed E-state index contributed by atoms with van der Waals surface area (Å²) in [4.78, 5) is 0. The van der Waals surface area contributed by atoms with Crippen LogP contribution >= 0.6 is 0 Å². The van der Waals surface area contributed by atoms with Crippen LogP contribution in [0.15, 0.2) is 78.9 Å². The van der Waals surface area contributed by atoms with Crippen LogP contribution in [0.5, 0.6) is 0 Å². The maximum absolute atomic E-state index is 5.96. The van der Waals surface area contributed by atoms with E-state index in [9.17, 15) is 0 Å². The predicted octanol–water partition coefficient (Wildman–Crippen LogP) is 6.89. The third-order valence-corrected chi connectivity index (χ3v) is 5.72. The Morgan fingerprint density at radius 1 is 0.606 bits per heavy atom. The van der Waals surface area contributed by atoms with Gasteiger partial charge in [0.15, 0.2) is 0 Å². The number of hydrogen-bond donors (Lipinski definition) is 2. The highest BCUT2D eigenvalue weighted by atomic mass is 14.9. The van der Waals surface area contributed by atoms with Gasteiger partial charge in [-0.2, -0.15) is 0 Å². The normalized spacial score (nSPS) is 11.6. The Labute approximate surface area is 202 Å². The lowest BCUT2D eigenvalue weighted by Crippen LogP contribution is -2.40. The number of aryl methyl sites for hydroxylation is 2. The molecule has 3 rings (SSSR count). The summed E-state index contributed by atoms with van der Waals surface area (Å²) in [5.41, 5.74) is 12.8. The molecule has 3 aromatic rings. The van der Waals surface area contributed by atoms with Crippen LogP contribution in [0.4, 0.5) is 0 Å². The second-order valence-corrected chi connectivity index (χ2v) is 10.4. The molecule has 0 aromatic heterocycles. The standard InChI is InChI=1S/C19H25N.C12H19N/c1-4-16-11-8-12-18(13-16)14-19(2,3)20-15-17-9-6-5-7-10-17;1-4-10-6-5-7-11(8-10)9-12(2,3)13/h5-13,20H,4,14-15H2,1-3H3;5-8H,4,9,13H2,1-3H3. The van der Waals surface area contributed by atoms with Gasteiger partial charge in [0.1, 0.15) is 0 Å². The van der Waals surface area contributed by atoms with Gasteiger partial charge in [-0.1, -0.05) is 92.7 Å². The summed E-state index contributed by atoms with van der Waals surface area (Å²) in [7, 11) is 0. The molecule has 0 spiro atoms. The topological polar surface area (TPSA) is 38.0 Å². The monoisotopic (exact) mass is 444 g/mol. The van der Waals surface area contributed by atoms with Gasteiger partial charge < -0.3 is 11.1 Å². The molecule has 0 aliphatic rings. The van der Waals surface area contributed by atoms with Gasteiger partial charge in [0, 0.05) is 17.6 Å². The van der Waals surface area contributed by atoms with Crippen LogP contribution < -0.4 is 11.1 Å². The second-order valence-electron chi connectivity index (χ2n) is 10.4. The van der Waals surface area contributed by atoms with Gasteiger partial charge in [0.05, 0.1) is 0 Å². The first-order valence-corrected chi connectivity index (χ1v) is 12.3. The SMILES string of the molecule is CCc1cccc(CC(C)(C)N)c1.CCc1cccc(CC(C)(C)NCc2ccccc2)c1. The molecule has 178 valence electrons. The van der Waals surface area contributed by atoms with E-state index >= 15 is 0 Å². The second kappa shape index (κ2) is 12.7. The van der Waals surface area contributed by atoms with Crippen molar-refractivity contribution in [2.24, 2.45) is 5.73 Å². The van der Waals surface area contributed by atoms with Gasteiger partial charge in [0.25, 0.3) is 0 Å². The number of hydrogen-bond acceptors (Lipinski definition) is 2. The van der Waals surface area contributed by atoms with Crippen molar-refractivity contribution < 1.29 is 0 Å². The highest BCUT2D eigenvalue weighted by Crippen LogP contribution is 2.16. The van der Waals surface area contributed by atoms with E-state index in [1.807, 2.05) is 0 Å². The summed E-state index contributed by atoms with van der Waals surface area (Å²) in [6.45, 7) is 14.0. The zero-order chi connectivity index (χ0) is 24.3. The van der Waals surface area contributed by atoms with E-state index in [1.165, 1.54) is 27.8 Å².